The molecular weight excluding hydrogens is 104 g/mol. The minimum absolute atomic E-state index is 0.435. The molecule has 4 nitrogen and oxygen atoms in total. The van der Waals surface area contributed by atoms with E-state index in [4.69, 9.17) is 10.8 Å². The standard InChI is InChI=1S/C4H6N4/c5-3-1-2-4-7-8-6/h1-2,4H2. The van der Waals surface area contributed by atoms with Gasteiger partial charge in [0.05, 0.1) is 6.07 Å². The molecule has 0 N–H and O–H groups in total. The van der Waals surface area contributed by atoms with E-state index in [0.717, 1.165) is 0 Å². The van der Waals surface area contributed by atoms with Crippen molar-refractivity contribution in [2.75, 3.05) is 6.54 Å². The Morgan fingerprint density at radius 2 is 2.50 bits per heavy atom. The molecule has 0 aliphatic rings. The van der Waals surface area contributed by atoms with Gasteiger partial charge < -0.3 is 0 Å². The number of azide groups is 1. The summed E-state index contributed by atoms with van der Waals surface area (Å²) in [4.78, 5) is 2.52. The summed E-state index contributed by atoms with van der Waals surface area (Å²) in [5.74, 6) is 0. The molecule has 0 aromatic rings. The molecule has 0 saturated heterocycles. The van der Waals surface area contributed by atoms with Crippen molar-refractivity contribution in [1.29, 1.82) is 5.26 Å². The molecule has 0 aromatic heterocycles. The monoisotopic (exact) mass is 110 g/mol. The first-order valence-electron chi connectivity index (χ1n) is 2.29. The van der Waals surface area contributed by atoms with Crippen molar-refractivity contribution in [2.24, 2.45) is 5.11 Å². The van der Waals surface area contributed by atoms with Crippen LogP contribution in [0.4, 0.5) is 0 Å². The topological polar surface area (TPSA) is 72.5 Å². The summed E-state index contributed by atoms with van der Waals surface area (Å²) < 4.78 is 0. The van der Waals surface area contributed by atoms with Gasteiger partial charge in [-0.15, -0.1) is 0 Å². The Balaban J connectivity index is 2.96. The predicted octanol–water partition coefficient (Wildman–Crippen LogP) is 1.60. The van der Waals surface area contributed by atoms with Crippen LogP contribution in [0.25, 0.3) is 10.4 Å². The Morgan fingerprint density at radius 3 is 3.00 bits per heavy atom. The fourth-order valence-electron chi connectivity index (χ4n) is 0.274. The SMILES string of the molecule is N#CCCCN=[N+]=[N-]. The Bertz CT molecular complexity index is 127. The minimum Gasteiger partial charge on any atom is -0.198 e. The maximum Gasteiger partial charge on any atom is 0.0621 e. The molecule has 0 heterocycles. The van der Waals surface area contributed by atoms with Crippen molar-refractivity contribution in [2.45, 2.75) is 12.8 Å². The summed E-state index contributed by atoms with van der Waals surface area (Å²) in [5, 5.41) is 11.2. The van der Waals surface area contributed by atoms with Gasteiger partial charge in [-0.05, 0) is 12.0 Å². The van der Waals surface area contributed by atoms with Crippen LogP contribution in [0.2, 0.25) is 0 Å². The van der Waals surface area contributed by atoms with Crippen LogP contribution in [-0.2, 0) is 0 Å². The first kappa shape index (κ1) is 6.80. The van der Waals surface area contributed by atoms with Gasteiger partial charge in [-0.2, -0.15) is 5.26 Å². The fraction of sp³-hybridized carbons (Fsp3) is 0.750. The van der Waals surface area contributed by atoms with Gasteiger partial charge in [0.1, 0.15) is 0 Å². The van der Waals surface area contributed by atoms with E-state index in [2.05, 4.69) is 10.0 Å². The Kier molecular flexibility index (Phi) is 4.93. The van der Waals surface area contributed by atoms with Crippen LogP contribution in [-0.4, -0.2) is 6.54 Å². The molecule has 0 saturated carbocycles. The highest BCUT2D eigenvalue weighted by molar-refractivity contribution is 4.68. The molecule has 0 unspecified atom stereocenters. The average Bonchev–Trinajstić information content (AvgIpc) is 1.81. The quantitative estimate of drug-likeness (QED) is 0.235. The highest BCUT2D eigenvalue weighted by atomic mass is 15.1. The van der Waals surface area contributed by atoms with Crippen LogP contribution < -0.4 is 0 Å². The molecule has 0 bridgehead atoms. The van der Waals surface area contributed by atoms with E-state index in [1.165, 1.54) is 0 Å². The minimum atomic E-state index is 0.435. The second-order valence-electron chi connectivity index (χ2n) is 1.22. The summed E-state index contributed by atoms with van der Waals surface area (Å²) in [5.41, 5.74) is 7.74. The average molecular weight is 110 g/mol. The number of nitriles is 1. The summed E-state index contributed by atoms with van der Waals surface area (Å²) in [6, 6.07) is 1.94. The van der Waals surface area contributed by atoms with Crippen molar-refractivity contribution >= 4 is 0 Å². The van der Waals surface area contributed by atoms with E-state index in [-0.39, 0.29) is 0 Å². The molecule has 0 fully saturated rings. The molecule has 0 amide bonds. The molecule has 42 valence electrons. The molecule has 4 heteroatoms. The largest absolute Gasteiger partial charge is 0.198 e. The van der Waals surface area contributed by atoms with Gasteiger partial charge in [-0.3, -0.25) is 0 Å². The normalized spacial score (nSPS) is 6.88. The molecule has 0 radical (unpaired) electrons. The second-order valence-corrected chi connectivity index (χ2v) is 1.22. The molecular formula is C4H6N4. The smallest absolute Gasteiger partial charge is 0.0621 e. The number of rotatable bonds is 3. The van der Waals surface area contributed by atoms with Crippen LogP contribution in [0.1, 0.15) is 12.8 Å². The fourth-order valence-corrected chi connectivity index (χ4v) is 0.274. The third-order valence-corrected chi connectivity index (χ3v) is 0.610. The third-order valence-electron chi connectivity index (χ3n) is 0.610. The molecule has 0 rings (SSSR count). The van der Waals surface area contributed by atoms with E-state index in [1.54, 1.807) is 0 Å². The number of hydrogen-bond acceptors (Lipinski definition) is 2. The molecule has 0 aromatic carbocycles. The molecule has 0 atom stereocenters. The van der Waals surface area contributed by atoms with Gasteiger partial charge in [-0.1, -0.05) is 5.11 Å². The van der Waals surface area contributed by atoms with Crippen molar-refractivity contribution in [3.8, 4) is 6.07 Å². The lowest BCUT2D eigenvalue weighted by atomic mass is 10.3. The van der Waals surface area contributed by atoms with Crippen LogP contribution in [0, 0.1) is 11.3 Å². The number of nitrogens with zero attached hydrogens (tertiary/aromatic N) is 4. The van der Waals surface area contributed by atoms with Gasteiger partial charge in [-0.25, -0.2) is 0 Å². The Labute approximate surface area is 47.4 Å². The highest BCUT2D eigenvalue weighted by Gasteiger charge is 1.78. The maximum atomic E-state index is 7.98. The Morgan fingerprint density at radius 1 is 1.75 bits per heavy atom. The van der Waals surface area contributed by atoms with Crippen molar-refractivity contribution in [3.05, 3.63) is 10.4 Å². The first-order chi connectivity index (χ1) is 3.91. The van der Waals surface area contributed by atoms with Crippen LogP contribution in [0.5, 0.6) is 0 Å². The van der Waals surface area contributed by atoms with E-state index in [9.17, 15) is 0 Å². The van der Waals surface area contributed by atoms with E-state index in [0.29, 0.717) is 19.4 Å². The lowest BCUT2D eigenvalue weighted by Crippen LogP contribution is -1.74. The zero-order chi connectivity index (χ0) is 6.24. The van der Waals surface area contributed by atoms with Crippen LogP contribution in [0.15, 0.2) is 5.11 Å². The van der Waals surface area contributed by atoms with Crippen molar-refractivity contribution in [1.82, 2.24) is 0 Å². The van der Waals surface area contributed by atoms with Gasteiger partial charge in [0.2, 0.25) is 0 Å². The number of hydrogen-bond donors (Lipinski definition) is 0. The summed E-state index contributed by atoms with van der Waals surface area (Å²) in [6.07, 6.45) is 1.14. The summed E-state index contributed by atoms with van der Waals surface area (Å²) in [7, 11) is 0. The zero-order valence-corrected chi connectivity index (χ0v) is 4.41. The summed E-state index contributed by atoms with van der Waals surface area (Å²) >= 11 is 0. The highest BCUT2D eigenvalue weighted by Crippen LogP contribution is 1.85. The molecule has 0 aliphatic carbocycles. The first-order valence-corrected chi connectivity index (χ1v) is 2.29. The van der Waals surface area contributed by atoms with Gasteiger partial charge in [0, 0.05) is 17.9 Å². The summed E-state index contributed by atoms with van der Waals surface area (Å²) in [6.45, 7) is 0.435. The van der Waals surface area contributed by atoms with Crippen molar-refractivity contribution in [3.63, 3.8) is 0 Å². The van der Waals surface area contributed by atoms with Gasteiger partial charge in [0.25, 0.3) is 0 Å². The van der Waals surface area contributed by atoms with E-state index < -0.39 is 0 Å². The Hall–Kier alpha value is -1.20. The van der Waals surface area contributed by atoms with Crippen LogP contribution in [0.3, 0.4) is 0 Å². The lowest BCUT2D eigenvalue weighted by Gasteiger charge is -1.79. The zero-order valence-electron chi connectivity index (χ0n) is 4.41. The lowest BCUT2D eigenvalue weighted by molar-refractivity contribution is 0.856. The predicted molar refractivity (Wildman–Crippen MR) is 28.9 cm³/mol. The van der Waals surface area contributed by atoms with Gasteiger partial charge >= 0.3 is 0 Å². The van der Waals surface area contributed by atoms with Crippen LogP contribution >= 0.6 is 0 Å². The third kappa shape index (κ3) is 4.80. The molecule has 0 aliphatic heterocycles. The second kappa shape index (κ2) is 5.80. The maximum absolute atomic E-state index is 7.98. The number of unbranched alkanes of at least 4 members (excludes halogenated alkanes) is 1. The van der Waals surface area contributed by atoms with E-state index >= 15 is 0 Å². The van der Waals surface area contributed by atoms with E-state index in [1.807, 2.05) is 6.07 Å². The van der Waals surface area contributed by atoms with Crippen molar-refractivity contribution < 1.29 is 0 Å². The molecule has 8 heavy (non-hydrogen) atoms. The molecule has 0 spiro atoms. The van der Waals surface area contributed by atoms with Gasteiger partial charge in [0.15, 0.2) is 0 Å².